The fraction of sp³-hybridized carbons (Fsp3) is 0.636. The van der Waals surface area contributed by atoms with E-state index in [9.17, 15) is 13.8 Å². The van der Waals surface area contributed by atoms with Gasteiger partial charge in [0.2, 0.25) is 0 Å². The van der Waals surface area contributed by atoms with E-state index in [1.807, 2.05) is 6.92 Å². The lowest BCUT2D eigenvalue weighted by molar-refractivity contribution is 0.644. The van der Waals surface area contributed by atoms with Gasteiger partial charge in [-0.25, -0.2) is 4.79 Å². The number of H-pyrrole nitrogens is 1. The molecule has 0 fully saturated rings. The van der Waals surface area contributed by atoms with Crippen molar-refractivity contribution in [2.24, 2.45) is 0 Å². The molecule has 0 aliphatic rings. The minimum Gasteiger partial charge on any atom is -0.297 e. The van der Waals surface area contributed by atoms with Crippen molar-refractivity contribution in [3.63, 3.8) is 0 Å². The molecule has 5 nitrogen and oxygen atoms in total. The fourth-order valence-corrected chi connectivity index (χ4v) is 2.52. The molecule has 7 heteroatoms. The minimum atomic E-state index is -1.01. The van der Waals surface area contributed by atoms with Crippen LogP contribution in [0.2, 0.25) is 5.15 Å². The molecule has 0 spiro atoms. The molecule has 18 heavy (non-hydrogen) atoms. The van der Waals surface area contributed by atoms with Gasteiger partial charge in [0.05, 0.1) is 5.56 Å². The normalized spacial score (nSPS) is 12.6. The zero-order valence-electron chi connectivity index (χ0n) is 10.5. The standard InChI is InChI=1S/C11H17ClN2O3S/c1-3-5-8-9(12)13-11(16)14(10(8)15)6-7-18(17)4-2/h3-7H2,1-2H3,(H,13,16). The highest BCUT2D eigenvalue weighted by Crippen LogP contribution is 2.07. The van der Waals surface area contributed by atoms with Crippen LogP contribution >= 0.6 is 11.6 Å². The first-order valence-electron chi connectivity index (χ1n) is 5.87. The number of rotatable bonds is 6. The van der Waals surface area contributed by atoms with Crippen LogP contribution in [-0.2, 0) is 23.8 Å². The fourth-order valence-electron chi connectivity index (χ4n) is 1.59. The molecule has 0 saturated carbocycles. The first-order valence-corrected chi connectivity index (χ1v) is 7.74. The van der Waals surface area contributed by atoms with E-state index in [0.29, 0.717) is 23.5 Å². The van der Waals surface area contributed by atoms with E-state index in [0.717, 1.165) is 11.0 Å². The molecular formula is C11H17ClN2O3S. The highest BCUT2D eigenvalue weighted by Gasteiger charge is 2.12. The molecule has 1 heterocycles. The minimum absolute atomic E-state index is 0.111. The Bertz CT molecular complexity index is 550. The smallest absolute Gasteiger partial charge is 0.297 e. The van der Waals surface area contributed by atoms with Gasteiger partial charge in [-0.05, 0) is 6.42 Å². The van der Waals surface area contributed by atoms with Crippen LogP contribution in [0.3, 0.4) is 0 Å². The second kappa shape index (κ2) is 6.89. The number of aromatic nitrogens is 2. The molecule has 1 atom stereocenters. The first kappa shape index (κ1) is 15.2. The Morgan fingerprint density at radius 1 is 1.33 bits per heavy atom. The van der Waals surface area contributed by atoms with Gasteiger partial charge in [-0.2, -0.15) is 0 Å². The second-order valence-corrected chi connectivity index (χ2v) is 6.11. The molecule has 0 radical (unpaired) electrons. The lowest BCUT2D eigenvalue weighted by Crippen LogP contribution is -2.38. The molecule has 0 aliphatic carbocycles. The Morgan fingerprint density at radius 2 is 2.00 bits per heavy atom. The van der Waals surface area contributed by atoms with Gasteiger partial charge in [-0.3, -0.25) is 18.6 Å². The van der Waals surface area contributed by atoms with E-state index in [-0.39, 0.29) is 17.3 Å². The summed E-state index contributed by atoms with van der Waals surface area (Å²) in [6.07, 6.45) is 1.28. The zero-order valence-corrected chi connectivity index (χ0v) is 12.1. The molecule has 0 aromatic carbocycles. The van der Waals surface area contributed by atoms with Gasteiger partial charge >= 0.3 is 5.69 Å². The van der Waals surface area contributed by atoms with Crippen molar-refractivity contribution in [3.8, 4) is 0 Å². The van der Waals surface area contributed by atoms with Crippen molar-refractivity contribution >= 4 is 22.4 Å². The summed E-state index contributed by atoms with van der Waals surface area (Å²) in [6, 6.07) is 0. The summed E-state index contributed by atoms with van der Waals surface area (Å²) in [7, 11) is -1.01. The third-order valence-corrected chi connectivity index (χ3v) is 4.20. The summed E-state index contributed by atoms with van der Waals surface area (Å²) >= 11 is 5.85. The van der Waals surface area contributed by atoms with Gasteiger partial charge < -0.3 is 0 Å². The van der Waals surface area contributed by atoms with E-state index in [1.165, 1.54) is 0 Å². The van der Waals surface area contributed by atoms with Crippen LogP contribution in [0.25, 0.3) is 0 Å². The molecule has 0 bridgehead atoms. The maximum Gasteiger partial charge on any atom is 0.329 e. The molecule has 1 N–H and O–H groups in total. The topological polar surface area (TPSA) is 71.9 Å². The van der Waals surface area contributed by atoms with Crippen molar-refractivity contribution < 1.29 is 4.21 Å². The molecule has 0 amide bonds. The zero-order chi connectivity index (χ0) is 13.7. The average Bonchev–Trinajstić information content (AvgIpc) is 2.33. The average molecular weight is 293 g/mol. The van der Waals surface area contributed by atoms with Gasteiger partial charge in [-0.15, -0.1) is 0 Å². The predicted octanol–water partition coefficient (Wildman–Crippen LogP) is 0.911. The quantitative estimate of drug-likeness (QED) is 0.792. The van der Waals surface area contributed by atoms with E-state index in [4.69, 9.17) is 11.6 Å². The van der Waals surface area contributed by atoms with E-state index >= 15 is 0 Å². The van der Waals surface area contributed by atoms with Crippen molar-refractivity contribution in [1.29, 1.82) is 0 Å². The van der Waals surface area contributed by atoms with Crippen molar-refractivity contribution in [2.45, 2.75) is 33.2 Å². The molecule has 102 valence electrons. The number of halogens is 1. The lowest BCUT2D eigenvalue weighted by Gasteiger charge is -2.08. The number of hydrogen-bond donors (Lipinski definition) is 1. The van der Waals surface area contributed by atoms with E-state index in [2.05, 4.69) is 4.98 Å². The molecule has 1 rings (SSSR count). The Balaban J connectivity index is 3.12. The van der Waals surface area contributed by atoms with Crippen LogP contribution in [0.5, 0.6) is 0 Å². The van der Waals surface area contributed by atoms with Crippen LogP contribution in [0.1, 0.15) is 25.8 Å². The Kier molecular flexibility index (Phi) is 5.81. The van der Waals surface area contributed by atoms with Gasteiger partial charge in [0.15, 0.2) is 0 Å². The van der Waals surface area contributed by atoms with Crippen LogP contribution in [0.4, 0.5) is 0 Å². The molecule has 0 saturated heterocycles. The van der Waals surface area contributed by atoms with Crippen LogP contribution in [-0.4, -0.2) is 25.3 Å². The Labute approximate surface area is 113 Å². The van der Waals surface area contributed by atoms with Crippen LogP contribution in [0.15, 0.2) is 9.59 Å². The summed E-state index contributed by atoms with van der Waals surface area (Å²) in [5.41, 5.74) is -0.502. The summed E-state index contributed by atoms with van der Waals surface area (Å²) in [4.78, 5) is 26.2. The van der Waals surface area contributed by atoms with Crippen LogP contribution in [0, 0.1) is 0 Å². The molecule has 1 aromatic rings. The van der Waals surface area contributed by atoms with Gasteiger partial charge in [-0.1, -0.05) is 31.9 Å². The third-order valence-electron chi connectivity index (χ3n) is 2.59. The molecule has 1 aromatic heterocycles. The summed E-state index contributed by atoms with van der Waals surface area (Å²) in [6.45, 7) is 3.88. The number of nitrogens with zero attached hydrogens (tertiary/aromatic N) is 1. The SMILES string of the molecule is CCCc1c(Cl)[nH]c(=O)n(CCS(=O)CC)c1=O. The van der Waals surface area contributed by atoms with Gasteiger partial charge in [0, 0.05) is 28.9 Å². The molecule has 1 unspecified atom stereocenters. The van der Waals surface area contributed by atoms with Crippen molar-refractivity contribution in [3.05, 3.63) is 31.6 Å². The summed E-state index contributed by atoms with van der Waals surface area (Å²) in [5, 5.41) is 0.111. The van der Waals surface area contributed by atoms with Crippen molar-refractivity contribution in [2.75, 3.05) is 11.5 Å². The largest absolute Gasteiger partial charge is 0.329 e. The number of aromatic amines is 1. The monoisotopic (exact) mass is 292 g/mol. The van der Waals surface area contributed by atoms with Gasteiger partial charge in [0.1, 0.15) is 5.15 Å². The van der Waals surface area contributed by atoms with Crippen LogP contribution < -0.4 is 11.2 Å². The first-order chi connectivity index (χ1) is 8.51. The second-order valence-electron chi connectivity index (χ2n) is 3.86. The Morgan fingerprint density at radius 3 is 2.56 bits per heavy atom. The molecular weight excluding hydrogens is 276 g/mol. The third kappa shape index (κ3) is 3.55. The molecule has 0 aliphatic heterocycles. The number of hydrogen-bond acceptors (Lipinski definition) is 3. The lowest BCUT2D eigenvalue weighted by atomic mass is 10.2. The predicted molar refractivity (Wildman–Crippen MR) is 73.9 cm³/mol. The Hall–Kier alpha value is -0.880. The highest BCUT2D eigenvalue weighted by molar-refractivity contribution is 7.84. The highest BCUT2D eigenvalue weighted by atomic mass is 35.5. The van der Waals surface area contributed by atoms with E-state index < -0.39 is 16.5 Å². The maximum absolute atomic E-state index is 12.1. The summed E-state index contributed by atoms with van der Waals surface area (Å²) in [5.74, 6) is 0.814. The number of nitrogens with one attached hydrogen (secondary N) is 1. The maximum atomic E-state index is 12.1. The summed E-state index contributed by atoms with van der Waals surface area (Å²) < 4.78 is 12.4. The van der Waals surface area contributed by atoms with Gasteiger partial charge in [0.25, 0.3) is 5.56 Å². The van der Waals surface area contributed by atoms with E-state index in [1.54, 1.807) is 6.92 Å². The van der Waals surface area contributed by atoms with Crippen molar-refractivity contribution in [1.82, 2.24) is 9.55 Å².